The lowest BCUT2D eigenvalue weighted by atomic mass is 10.2. The number of methoxy groups -OCH3 is 1. The van der Waals surface area contributed by atoms with Gasteiger partial charge in [-0.3, -0.25) is 9.10 Å². The number of hydrogen-bond acceptors (Lipinski definition) is 4. The first-order valence-electron chi connectivity index (χ1n) is 8.17. The summed E-state index contributed by atoms with van der Waals surface area (Å²) in [5, 5.41) is 2.69. The van der Waals surface area contributed by atoms with Crippen molar-refractivity contribution >= 4 is 33.2 Å². The first kappa shape index (κ1) is 21.0. The molecule has 0 aliphatic heterocycles. The molecule has 0 bridgehead atoms. The Morgan fingerprint density at radius 1 is 1.26 bits per heavy atom. The molecule has 0 aromatic heterocycles. The predicted octanol–water partition coefficient (Wildman–Crippen LogP) is 3.10. The summed E-state index contributed by atoms with van der Waals surface area (Å²) in [7, 11) is -2.48. The molecule has 1 amide bonds. The molecular formula is C19H21ClN2O4S. The highest BCUT2D eigenvalue weighted by molar-refractivity contribution is 7.93. The Kier molecular flexibility index (Phi) is 7.41. The van der Waals surface area contributed by atoms with Gasteiger partial charge in [0.1, 0.15) is 4.90 Å². The number of ether oxygens (including phenoxy) is 1. The van der Waals surface area contributed by atoms with E-state index in [1.54, 1.807) is 30.3 Å². The minimum atomic E-state index is -4.00. The number of anilines is 1. The van der Waals surface area contributed by atoms with Crippen LogP contribution in [0.2, 0.25) is 5.02 Å². The summed E-state index contributed by atoms with van der Waals surface area (Å²) < 4.78 is 32.5. The van der Waals surface area contributed by atoms with Gasteiger partial charge in [-0.25, -0.2) is 8.42 Å². The Bertz CT molecular complexity index is 901. The lowest BCUT2D eigenvalue weighted by Crippen LogP contribution is -2.32. The molecule has 6 nitrogen and oxygen atoms in total. The van der Waals surface area contributed by atoms with Gasteiger partial charge in [0.05, 0.1) is 23.9 Å². The van der Waals surface area contributed by atoms with Crippen LogP contribution in [-0.4, -0.2) is 41.1 Å². The molecule has 1 N–H and O–H groups in total. The first-order chi connectivity index (χ1) is 12.9. The lowest BCUT2D eigenvalue weighted by Gasteiger charge is -2.24. The van der Waals surface area contributed by atoms with E-state index in [-0.39, 0.29) is 22.0 Å². The second kappa shape index (κ2) is 9.55. The molecule has 2 rings (SSSR count). The fourth-order valence-electron chi connectivity index (χ4n) is 2.38. The van der Waals surface area contributed by atoms with Crippen molar-refractivity contribution in [3.05, 3.63) is 71.8 Å². The average molecular weight is 409 g/mol. The quantitative estimate of drug-likeness (QED) is 0.511. The van der Waals surface area contributed by atoms with Crippen LogP contribution >= 0.6 is 11.6 Å². The zero-order valence-electron chi connectivity index (χ0n) is 14.9. The minimum Gasteiger partial charge on any atom is -0.383 e. The molecule has 2 aromatic rings. The molecule has 0 unspecified atom stereocenters. The Hall–Kier alpha value is -2.35. The maximum absolute atomic E-state index is 13.2. The van der Waals surface area contributed by atoms with E-state index < -0.39 is 15.9 Å². The third kappa shape index (κ3) is 5.09. The van der Waals surface area contributed by atoms with Gasteiger partial charge in [0.25, 0.3) is 15.9 Å². The summed E-state index contributed by atoms with van der Waals surface area (Å²) in [4.78, 5) is 12.1. The van der Waals surface area contributed by atoms with E-state index in [1.165, 1.54) is 35.7 Å². The van der Waals surface area contributed by atoms with Crippen LogP contribution in [0.3, 0.4) is 0 Å². The number of benzene rings is 2. The number of carbonyl (C=O) groups excluding carboxylic acids is 1. The van der Waals surface area contributed by atoms with Gasteiger partial charge >= 0.3 is 0 Å². The molecule has 0 atom stereocenters. The number of carbonyl (C=O) groups is 1. The summed E-state index contributed by atoms with van der Waals surface area (Å²) in [6.07, 6.45) is 1.49. The summed E-state index contributed by atoms with van der Waals surface area (Å²) in [5.74, 6) is -0.407. The normalized spacial score (nSPS) is 11.0. The third-order valence-electron chi connectivity index (χ3n) is 3.69. The van der Waals surface area contributed by atoms with Gasteiger partial charge in [-0.15, -0.1) is 6.58 Å². The summed E-state index contributed by atoms with van der Waals surface area (Å²) in [6, 6.07) is 12.8. The van der Waals surface area contributed by atoms with Crippen molar-refractivity contribution in [3.63, 3.8) is 0 Å². The summed E-state index contributed by atoms with van der Waals surface area (Å²) >= 11 is 6.16. The Morgan fingerprint density at radius 3 is 2.59 bits per heavy atom. The number of rotatable bonds is 9. The maximum Gasteiger partial charge on any atom is 0.266 e. The Labute approximate surface area is 164 Å². The highest BCUT2D eigenvalue weighted by Gasteiger charge is 2.27. The zero-order chi connectivity index (χ0) is 19.9. The smallest absolute Gasteiger partial charge is 0.266 e. The molecule has 0 saturated carbocycles. The third-order valence-corrected chi connectivity index (χ3v) is 5.97. The number of nitrogens with one attached hydrogen (secondary N) is 1. The van der Waals surface area contributed by atoms with Crippen LogP contribution in [0.1, 0.15) is 10.4 Å². The minimum absolute atomic E-state index is 0.0356. The van der Waals surface area contributed by atoms with E-state index in [4.69, 9.17) is 16.3 Å². The van der Waals surface area contributed by atoms with Gasteiger partial charge in [0.15, 0.2) is 0 Å². The summed E-state index contributed by atoms with van der Waals surface area (Å²) in [6.45, 7) is 4.36. The molecule has 8 heteroatoms. The average Bonchev–Trinajstić information content (AvgIpc) is 2.67. The van der Waals surface area contributed by atoms with Crippen molar-refractivity contribution in [1.82, 2.24) is 5.32 Å². The fourth-order valence-corrected chi connectivity index (χ4v) is 4.32. The van der Waals surface area contributed by atoms with Gasteiger partial charge in [-0.1, -0.05) is 35.9 Å². The molecule has 0 heterocycles. The zero-order valence-corrected chi connectivity index (χ0v) is 16.5. The van der Waals surface area contributed by atoms with E-state index in [0.29, 0.717) is 18.8 Å². The van der Waals surface area contributed by atoms with Crippen LogP contribution in [-0.2, 0) is 14.8 Å². The number of para-hydroxylation sites is 1. The number of sulfonamides is 1. The number of amides is 1. The molecule has 0 fully saturated rings. The first-order valence-corrected chi connectivity index (χ1v) is 9.99. The molecule has 144 valence electrons. The van der Waals surface area contributed by atoms with Crippen LogP contribution in [0.15, 0.2) is 66.1 Å². The highest BCUT2D eigenvalue weighted by Crippen LogP contribution is 2.29. The van der Waals surface area contributed by atoms with Gasteiger partial charge in [-0.2, -0.15) is 0 Å². The molecule has 2 aromatic carbocycles. The maximum atomic E-state index is 13.2. The van der Waals surface area contributed by atoms with Crippen molar-refractivity contribution in [2.45, 2.75) is 4.90 Å². The van der Waals surface area contributed by atoms with Gasteiger partial charge in [-0.05, 0) is 30.3 Å². The topological polar surface area (TPSA) is 75.7 Å². The van der Waals surface area contributed by atoms with Gasteiger partial charge in [0.2, 0.25) is 0 Å². The Balaban J connectivity index is 2.43. The second-order valence-corrected chi connectivity index (χ2v) is 7.79. The lowest BCUT2D eigenvalue weighted by molar-refractivity contribution is 0.0937. The number of halogens is 1. The summed E-state index contributed by atoms with van der Waals surface area (Å²) in [5.41, 5.74) is 0.670. The van der Waals surface area contributed by atoms with Crippen molar-refractivity contribution in [2.24, 2.45) is 0 Å². The number of nitrogens with zero attached hydrogens (tertiary/aromatic N) is 1. The fraction of sp³-hybridized carbons (Fsp3) is 0.211. The highest BCUT2D eigenvalue weighted by atomic mass is 35.5. The van der Waals surface area contributed by atoms with Crippen LogP contribution in [0.25, 0.3) is 0 Å². The Morgan fingerprint density at radius 2 is 1.96 bits per heavy atom. The molecule has 0 spiro atoms. The van der Waals surface area contributed by atoms with E-state index in [2.05, 4.69) is 11.9 Å². The van der Waals surface area contributed by atoms with E-state index in [1.807, 2.05) is 0 Å². The molecule has 0 aliphatic rings. The largest absolute Gasteiger partial charge is 0.383 e. The predicted molar refractivity (Wildman–Crippen MR) is 107 cm³/mol. The molecular weight excluding hydrogens is 388 g/mol. The molecule has 0 aliphatic carbocycles. The van der Waals surface area contributed by atoms with Gasteiger partial charge in [0, 0.05) is 19.2 Å². The monoisotopic (exact) mass is 408 g/mol. The van der Waals surface area contributed by atoms with Crippen molar-refractivity contribution in [3.8, 4) is 0 Å². The van der Waals surface area contributed by atoms with Crippen LogP contribution in [0.4, 0.5) is 5.69 Å². The van der Waals surface area contributed by atoms with E-state index >= 15 is 0 Å². The second-order valence-electron chi connectivity index (χ2n) is 5.55. The molecule has 0 saturated heterocycles. The van der Waals surface area contributed by atoms with Gasteiger partial charge < -0.3 is 10.1 Å². The molecule has 27 heavy (non-hydrogen) atoms. The van der Waals surface area contributed by atoms with Crippen LogP contribution < -0.4 is 9.62 Å². The molecule has 0 radical (unpaired) electrons. The van der Waals surface area contributed by atoms with Crippen LogP contribution in [0.5, 0.6) is 0 Å². The van der Waals surface area contributed by atoms with E-state index in [0.717, 1.165) is 0 Å². The van der Waals surface area contributed by atoms with Crippen molar-refractivity contribution in [1.29, 1.82) is 0 Å². The standard InChI is InChI=1S/C19H21ClN2O4S/c1-3-12-22(16-7-5-4-6-8-16)27(24,25)18-14-15(9-10-17(18)20)19(23)21-11-13-26-2/h3-10,14H,1,11-13H2,2H3,(H,21,23). The van der Waals surface area contributed by atoms with Crippen LogP contribution in [0, 0.1) is 0 Å². The van der Waals surface area contributed by atoms with Crippen molar-refractivity contribution < 1.29 is 17.9 Å². The SMILES string of the molecule is C=CCN(c1ccccc1)S(=O)(=O)c1cc(C(=O)NCCOC)ccc1Cl. The number of hydrogen-bond donors (Lipinski definition) is 1. The van der Waals surface area contributed by atoms with E-state index in [9.17, 15) is 13.2 Å². The van der Waals surface area contributed by atoms with Crippen molar-refractivity contribution in [2.75, 3.05) is 31.1 Å².